The van der Waals surface area contributed by atoms with Crippen molar-refractivity contribution in [3.05, 3.63) is 23.4 Å². The molecule has 1 aromatic heterocycles. The number of aryl methyl sites for hydroxylation is 1. The van der Waals surface area contributed by atoms with Gasteiger partial charge in [-0.05, 0) is 62.6 Å². The number of ketones is 1. The molecule has 1 N–H and O–H groups in total. The summed E-state index contributed by atoms with van der Waals surface area (Å²) >= 11 is 0. The van der Waals surface area contributed by atoms with Gasteiger partial charge < -0.3 is 10.2 Å². The van der Waals surface area contributed by atoms with Crippen molar-refractivity contribution < 1.29 is 9.59 Å². The Morgan fingerprint density at radius 2 is 2.22 bits per heavy atom. The lowest BCUT2D eigenvalue weighted by atomic mass is 9.97. The normalized spacial score (nSPS) is 16.4. The second kappa shape index (κ2) is 7.11. The molecule has 0 atom stereocenters. The molecule has 0 aromatic carbocycles. The quantitative estimate of drug-likeness (QED) is 0.839. The first-order valence-electron chi connectivity index (χ1n) is 8.64. The summed E-state index contributed by atoms with van der Waals surface area (Å²) in [6.45, 7) is 2.82. The lowest BCUT2D eigenvalue weighted by Crippen LogP contribution is -2.36. The van der Waals surface area contributed by atoms with Crippen molar-refractivity contribution in [2.24, 2.45) is 0 Å². The van der Waals surface area contributed by atoms with E-state index in [1.807, 2.05) is 6.20 Å². The fourth-order valence-electron chi connectivity index (χ4n) is 3.29. The van der Waals surface area contributed by atoms with Crippen molar-refractivity contribution in [3.8, 4) is 0 Å². The van der Waals surface area contributed by atoms with E-state index in [0.717, 1.165) is 50.9 Å². The minimum atomic E-state index is 0.0690. The molecule has 5 nitrogen and oxygen atoms in total. The molecule has 1 amide bonds. The first kappa shape index (κ1) is 16.0. The maximum Gasteiger partial charge on any atom is 0.223 e. The topological polar surface area (TPSA) is 62.3 Å². The van der Waals surface area contributed by atoms with Gasteiger partial charge in [0.25, 0.3) is 0 Å². The molecule has 2 heterocycles. The van der Waals surface area contributed by atoms with Crippen LogP contribution in [0.4, 0.5) is 5.82 Å². The zero-order valence-corrected chi connectivity index (χ0v) is 13.8. The molecule has 0 spiro atoms. The SMILES string of the molecule is CC(=O)CN(C(=O)CCCc1ccnc2c1CCCN2)C1CC1. The van der Waals surface area contributed by atoms with Crippen LogP contribution < -0.4 is 5.32 Å². The van der Waals surface area contributed by atoms with E-state index in [1.54, 1.807) is 11.8 Å². The summed E-state index contributed by atoms with van der Waals surface area (Å²) in [5.74, 6) is 1.21. The van der Waals surface area contributed by atoms with E-state index < -0.39 is 0 Å². The van der Waals surface area contributed by atoms with Gasteiger partial charge >= 0.3 is 0 Å². The van der Waals surface area contributed by atoms with Crippen molar-refractivity contribution in [2.75, 3.05) is 18.4 Å². The average Bonchev–Trinajstić information content (AvgIpc) is 3.37. The van der Waals surface area contributed by atoms with E-state index >= 15 is 0 Å². The smallest absolute Gasteiger partial charge is 0.223 e. The summed E-state index contributed by atoms with van der Waals surface area (Å²) in [7, 11) is 0. The monoisotopic (exact) mass is 315 g/mol. The molecule has 2 aliphatic rings. The number of Topliss-reactive ketones (excluding diaryl/α,β-unsaturated/α-hetero) is 1. The van der Waals surface area contributed by atoms with E-state index in [9.17, 15) is 9.59 Å². The molecule has 0 unspecified atom stereocenters. The molecule has 5 heteroatoms. The summed E-state index contributed by atoms with van der Waals surface area (Å²) in [6, 6.07) is 2.38. The molecule has 1 fully saturated rings. The van der Waals surface area contributed by atoms with E-state index in [1.165, 1.54) is 11.1 Å². The zero-order valence-electron chi connectivity index (χ0n) is 13.8. The molecule has 124 valence electrons. The Bertz CT molecular complexity index is 596. The van der Waals surface area contributed by atoms with Gasteiger partial charge in [0.15, 0.2) is 0 Å². The van der Waals surface area contributed by atoms with Gasteiger partial charge in [-0.15, -0.1) is 0 Å². The van der Waals surface area contributed by atoms with E-state index in [4.69, 9.17) is 0 Å². The fraction of sp³-hybridized carbons (Fsp3) is 0.611. The maximum absolute atomic E-state index is 12.4. The van der Waals surface area contributed by atoms with Crippen LogP contribution in [0.5, 0.6) is 0 Å². The molecule has 1 saturated carbocycles. The third kappa shape index (κ3) is 4.09. The number of rotatable bonds is 7. The molecule has 23 heavy (non-hydrogen) atoms. The maximum atomic E-state index is 12.4. The third-order valence-corrected chi connectivity index (χ3v) is 4.59. The number of aromatic nitrogens is 1. The highest BCUT2D eigenvalue weighted by Gasteiger charge is 2.32. The first-order chi connectivity index (χ1) is 11.1. The summed E-state index contributed by atoms with van der Waals surface area (Å²) in [5.41, 5.74) is 2.62. The number of hydrogen-bond acceptors (Lipinski definition) is 4. The van der Waals surface area contributed by atoms with E-state index in [2.05, 4.69) is 16.4 Å². The predicted octanol–water partition coefficient (Wildman–Crippen LogP) is 2.34. The fourth-order valence-corrected chi connectivity index (χ4v) is 3.29. The number of anilines is 1. The largest absolute Gasteiger partial charge is 0.370 e. The first-order valence-corrected chi connectivity index (χ1v) is 8.64. The Labute approximate surface area is 137 Å². The highest BCUT2D eigenvalue weighted by atomic mass is 16.2. The number of hydrogen-bond donors (Lipinski definition) is 1. The molecular weight excluding hydrogens is 290 g/mol. The van der Waals surface area contributed by atoms with Gasteiger partial charge in [-0.3, -0.25) is 9.59 Å². The third-order valence-electron chi connectivity index (χ3n) is 4.59. The summed E-state index contributed by atoms with van der Waals surface area (Å²) in [5, 5.41) is 3.34. The number of carbonyl (C=O) groups is 2. The lowest BCUT2D eigenvalue weighted by molar-refractivity contribution is -0.135. The van der Waals surface area contributed by atoms with Crippen LogP contribution in [-0.4, -0.2) is 40.7 Å². The summed E-state index contributed by atoms with van der Waals surface area (Å²) < 4.78 is 0. The number of fused-ring (bicyclic) bond motifs is 1. The van der Waals surface area contributed by atoms with Crippen molar-refractivity contribution in [2.45, 2.75) is 57.9 Å². The van der Waals surface area contributed by atoms with Crippen LogP contribution in [0.2, 0.25) is 0 Å². The van der Waals surface area contributed by atoms with Crippen molar-refractivity contribution in [1.82, 2.24) is 9.88 Å². The Balaban J connectivity index is 1.54. The van der Waals surface area contributed by atoms with Gasteiger partial charge in [-0.25, -0.2) is 4.98 Å². The van der Waals surface area contributed by atoms with Crippen LogP contribution in [0.25, 0.3) is 0 Å². The van der Waals surface area contributed by atoms with Crippen molar-refractivity contribution in [1.29, 1.82) is 0 Å². The predicted molar refractivity (Wildman–Crippen MR) is 89.4 cm³/mol. The van der Waals surface area contributed by atoms with Gasteiger partial charge in [-0.2, -0.15) is 0 Å². The van der Waals surface area contributed by atoms with Crippen LogP contribution in [0.1, 0.15) is 50.2 Å². The van der Waals surface area contributed by atoms with Crippen molar-refractivity contribution >= 4 is 17.5 Å². The standard InChI is InChI=1S/C18H25N3O2/c1-13(22)12-21(15-7-8-15)17(23)6-2-4-14-9-11-20-18-16(14)5-3-10-19-18/h9,11,15H,2-8,10,12H2,1H3,(H,19,20). The number of amides is 1. The van der Waals surface area contributed by atoms with Gasteiger partial charge in [0.1, 0.15) is 11.6 Å². The molecular formula is C18H25N3O2. The minimum absolute atomic E-state index is 0.0690. The zero-order chi connectivity index (χ0) is 16.2. The molecule has 3 rings (SSSR count). The molecule has 1 aliphatic heterocycles. The van der Waals surface area contributed by atoms with E-state index in [0.29, 0.717) is 12.5 Å². The lowest BCUT2D eigenvalue weighted by Gasteiger charge is -2.22. The Morgan fingerprint density at radius 3 is 2.96 bits per heavy atom. The van der Waals surface area contributed by atoms with Crippen LogP contribution >= 0.6 is 0 Å². The minimum Gasteiger partial charge on any atom is -0.370 e. The van der Waals surface area contributed by atoms with Crippen LogP contribution in [-0.2, 0) is 22.4 Å². The highest BCUT2D eigenvalue weighted by Crippen LogP contribution is 2.28. The Hall–Kier alpha value is -1.91. The Kier molecular flexibility index (Phi) is 4.94. The van der Waals surface area contributed by atoms with Crippen molar-refractivity contribution in [3.63, 3.8) is 0 Å². The average molecular weight is 315 g/mol. The molecule has 0 bridgehead atoms. The summed E-state index contributed by atoms with van der Waals surface area (Å²) in [6.07, 6.45) is 8.39. The number of carbonyl (C=O) groups excluding carboxylic acids is 2. The van der Waals surface area contributed by atoms with Crippen LogP contribution in [0, 0.1) is 0 Å². The van der Waals surface area contributed by atoms with Gasteiger partial charge in [0.05, 0.1) is 6.54 Å². The molecule has 1 aromatic rings. The van der Waals surface area contributed by atoms with Crippen LogP contribution in [0.3, 0.4) is 0 Å². The molecule has 0 saturated heterocycles. The summed E-state index contributed by atoms with van der Waals surface area (Å²) in [4.78, 5) is 29.9. The van der Waals surface area contributed by atoms with Gasteiger partial charge in [0.2, 0.25) is 5.91 Å². The Morgan fingerprint density at radius 1 is 1.39 bits per heavy atom. The van der Waals surface area contributed by atoms with Gasteiger partial charge in [0, 0.05) is 25.2 Å². The highest BCUT2D eigenvalue weighted by molar-refractivity contribution is 5.85. The second-order valence-electron chi connectivity index (χ2n) is 6.64. The molecule has 0 radical (unpaired) electrons. The number of nitrogens with one attached hydrogen (secondary N) is 1. The number of pyridine rings is 1. The second-order valence-corrected chi connectivity index (χ2v) is 6.64. The van der Waals surface area contributed by atoms with Gasteiger partial charge in [-0.1, -0.05) is 0 Å². The van der Waals surface area contributed by atoms with Crippen LogP contribution in [0.15, 0.2) is 12.3 Å². The molecule has 1 aliphatic carbocycles. The van der Waals surface area contributed by atoms with E-state index in [-0.39, 0.29) is 18.2 Å². The number of nitrogens with zero attached hydrogens (tertiary/aromatic N) is 2.